The van der Waals surface area contributed by atoms with Crippen LogP contribution < -0.4 is 10.6 Å². The van der Waals surface area contributed by atoms with Gasteiger partial charge in [-0.05, 0) is 36.9 Å². The molecule has 0 bridgehead atoms. The van der Waals surface area contributed by atoms with E-state index < -0.39 is 6.03 Å². The molecule has 0 spiro atoms. The predicted octanol–water partition coefficient (Wildman–Crippen LogP) is 2.15. The van der Waals surface area contributed by atoms with Gasteiger partial charge in [0.05, 0.1) is 12.6 Å². The Kier molecular flexibility index (Phi) is 4.62. The first-order chi connectivity index (χ1) is 11.2. The number of fused-ring (bicyclic) bond motifs is 1. The van der Waals surface area contributed by atoms with Crippen molar-refractivity contribution in [3.63, 3.8) is 0 Å². The van der Waals surface area contributed by atoms with Crippen LogP contribution in [0.5, 0.6) is 0 Å². The average molecular weight is 314 g/mol. The predicted molar refractivity (Wildman–Crippen MR) is 89.1 cm³/mol. The molecular weight excluding hydrogens is 292 g/mol. The van der Waals surface area contributed by atoms with Crippen molar-refractivity contribution in [1.29, 1.82) is 0 Å². The van der Waals surface area contributed by atoms with E-state index in [9.17, 15) is 9.59 Å². The highest BCUT2D eigenvalue weighted by molar-refractivity contribution is 5.95. The summed E-state index contributed by atoms with van der Waals surface area (Å²) in [7, 11) is 1.50. The molecule has 1 aromatic carbocycles. The number of aromatic amines is 1. The summed E-state index contributed by atoms with van der Waals surface area (Å²) in [6, 6.07) is 10.1. The number of nitrogens with one attached hydrogen (secondary N) is 3. The minimum absolute atomic E-state index is 0.187. The number of carbonyl (C=O) groups is 2. The van der Waals surface area contributed by atoms with Crippen LogP contribution in [-0.4, -0.2) is 42.0 Å². The molecule has 1 aliphatic rings. The molecule has 1 aliphatic heterocycles. The number of hydrogen-bond acceptors (Lipinski definition) is 3. The van der Waals surface area contributed by atoms with Crippen LogP contribution in [0.15, 0.2) is 30.3 Å². The van der Waals surface area contributed by atoms with Gasteiger partial charge in [0.25, 0.3) is 0 Å². The van der Waals surface area contributed by atoms with Crippen molar-refractivity contribution < 1.29 is 9.59 Å². The van der Waals surface area contributed by atoms with E-state index in [0.29, 0.717) is 0 Å². The van der Waals surface area contributed by atoms with Crippen molar-refractivity contribution in [3.05, 3.63) is 36.0 Å². The monoisotopic (exact) mass is 314 g/mol. The summed E-state index contributed by atoms with van der Waals surface area (Å²) >= 11 is 0. The quantitative estimate of drug-likeness (QED) is 0.812. The van der Waals surface area contributed by atoms with E-state index in [4.69, 9.17) is 0 Å². The molecule has 1 aromatic heterocycles. The Balaban J connectivity index is 1.75. The number of imide groups is 1. The van der Waals surface area contributed by atoms with Crippen molar-refractivity contribution in [2.24, 2.45) is 0 Å². The molecule has 2 aromatic rings. The van der Waals surface area contributed by atoms with Crippen molar-refractivity contribution >= 4 is 22.8 Å². The van der Waals surface area contributed by atoms with Gasteiger partial charge in [-0.3, -0.25) is 15.0 Å². The van der Waals surface area contributed by atoms with Crippen LogP contribution >= 0.6 is 0 Å². The van der Waals surface area contributed by atoms with Crippen LogP contribution in [-0.2, 0) is 4.79 Å². The van der Waals surface area contributed by atoms with Crippen LogP contribution in [0.4, 0.5) is 4.79 Å². The Morgan fingerprint density at radius 2 is 2.13 bits per heavy atom. The van der Waals surface area contributed by atoms with E-state index in [2.05, 4.69) is 38.7 Å². The number of H-pyrrole nitrogens is 1. The largest absolute Gasteiger partial charge is 0.357 e. The van der Waals surface area contributed by atoms with E-state index in [1.54, 1.807) is 0 Å². The van der Waals surface area contributed by atoms with E-state index in [1.807, 2.05) is 12.1 Å². The van der Waals surface area contributed by atoms with Gasteiger partial charge in [0.2, 0.25) is 5.91 Å². The molecule has 1 unspecified atom stereocenters. The van der Waals surface area contributed by atoms with Crippen LogP contribution in [0.3, 0.4) is 0 Å². The number of carbonyl (C=O) groups excluding carboxylic acids is 2. The normalized spacial score (nSPS) is 18.7. The third-order valence-electron chi connectivity index (χ3n) is 4.35. The lowest BCUT2D eigenvalue weighted by atomic mass is 9.99. The van der Waals surface area contributed by atoms with Gasteiger partial charge in [0.15, 0.2) is 0 Å². The summed E-state index contributed by atoms with van der Waals surface area (Å²) in [5, 5.41) is 5.92. The highest BCUT2D eigenvalue weighted by Crippen LogP contribution is 2.31. The molecule has 3 rings (SSSR count). The summed E-state index contributed by atoms with van der Waals surface area (Å²) in [6.07, 6.45) is 3.23. The van der Waals surface area contributed by atoms with Crippen molar-refractivity contribution in [2.45, 2.75) is 25.3 Å². The number of rotatable bonds is 3. The molecule has 1 atom stereocenters. The van der Waals surface area contributed by atoms with E-state index >= 15 is 0 Å². The minimum atomic E-state index is -0.464. The molecule has 6 nitrogen and oxygen atoms in total. The second kappa shape index (κ2) is 6.83. The number of urea groups is 1. The molecule has 2 heterocycles. The maximum absolute atomic E-state index is 12.0. The van der Waals surface area contributed by atoms with Gasteiger partial charge in [0, 0.05) is 18.3 Å². The number of benzene rings is 1. The minimum Gasteiger partial charge on any atom is -0.357 e. The van der Waals surface area contributed by atoms with E-state index in [0.717, 1.165) is 37.0 Å². The zero-order chi connectivity index (χ0) is 16.2. The van der Waals surface area contributed by atoms with Gasteiger partial charge in [-0.1, -0.05) is 24.6 Å². The fourth-order valence-electron chi connectivity index (χ4n) is 3.22. The van der Waals surface area contributed by atoms with Crippen molar-refractivity contribution in [3.8, 4) is 0 Å². The first-order valence-corrected chi connectivity index (χ1v) is 8.00. The number of likely N-dealkylation sites (tertiary alicyclic amines) is 1. The number of amides is 3. The number of piperidine rings is 1. The van der Waals surface area contributed by atoms with Crippen molar-refractivity contribution in [1.82, 2.24) is 20.5 Å². The summed E-state index contributed by atoms with van der Waals surface area (Å²) in [6.45, 7) is 1.09. The summed E-state index contributed by atoms with van der Waals surface area (Å²) in [4.78, 5) is 28.9. The summed E-state index contributed by atoms with van der Waals surface area (Å²) in [5.74, 6) is -0.271. The highest BCUT2D eigenvalue weighted by atomic mass is 16.2. The van der Waals surface area contributed by atoms with Crippen molar-refractivity contribution in [2.75, 3.05) is 20.1 Å². The lowest BCUT2D eigenvalue weighted by molar-refractivity contribution is -0.122. The Morgan fingerprint density at radius 1 is 1.30 bits per heavy atom. The molecule has 0 radical (unpaired) electrons. The lowest BCUT2D eigenvalue weighted by Crippen LogP contribution is -2.45. The maximum Gasteiger partial charge on any atom is 0.321 e. The molecule has 3 amide bonds. The summed E-state index contributed by atoms with van der Waals surface area (Å²) < 4.78 is 0. The van der Waals surface area contributed by atoms with Crippen LogP contribution in [0.1, 0.15) is 31.0 Å². The second-order valence-electron chi connectivity index (χ2n) is 5.92. The van der Waals surface area contributed by atoms with Gasteiger partial charge < -0.3 is 10.3 Å². The smallest absolute Gasteiger partial charge is 0.321 e. The zero-order valence-corrected chi connectivity index (χ0v) is 13.3. The van der Waals surface area contributed by atoms with Gasteiger partial charge in [-0.25, -0.2) is 4.79 Å². The number of aromatic nitrogens is 1. The van der Waals surface area contributed by atoms with Gasteiger partial charge >= 0.3 is 6.03 Å². The Morgan fingerprint density at radius 3 is 2.91 bits per heavy atom. The topological polar surface area (TPSA) is 77.2 Å². The van der Waals surface area contributed by atoms with Gasteiger partial charge in [-0.15, -0.1) is 0 Å². The number of hydrogen-bond donors (Lipinski definition) is 3. The molecule has 122 valence electrons. The Labute approximate surface area is 135 Å². The van der Waals surface area contributed by atoms with E-state index in [1.165, 1.54) is 12.4 Å². The van der Waals surface area contributed by atoms with Crippen LogP contribution in [0.2, 0.25) is 0 Å². The standard InChI is InChI=1S/C17H22N4O2/c1-18-17(23)20-16(22)11-21-9-5-4-8-15(21)14-10-12-6-2-3-7-13(12)19-14/h2-3,6-7,10,15,19H,4-5,8-9,11H2,1H3,(H2,18,20,22,23). The Bertz CT molecular complexity index is 676. The highest BCUT2D eigenvalue weighted by Gasteiger charge is 2.27. The molecule has 1 saturated heterocycles. The maximum atomic E-state index is 12.0. The molecule has 3 N–H and O–H groups in total. The lowest BCUT2D eigenvalue weighted by Gasteiger charge is -2.34. The first-order valence-electron chi connectivity index (χ1n) is 8.00. The fourth-order valence-corrected chi connectivity index (χ4v) is 3.22. The van der Waals surface area contributed by atoms with E-state index in [-0.39, 0.29) is 18.5 Å². The van der Waals surface area contributed by atoms with Crippen LogP contribution in [0.25, 0.3) is 10.9 Å². The summed E-state index contributed by atoms with van der Waals surface area (Å²) in [5.41, 5.74) is 2.25. The molecule has 0 saturated carbocycles. The fraction of sp³-hybridized carbons (Fsp3) is 0.412. The first kappa shape index (κ1) is 15.6. The molecular formula is C17H22N4O2. The average Bonchev–Trinajstić information content (AvgIpc) is 2.99. The second-order valence-corrected chi connectivity index (χ2v) is 5.92. The molecule has 1 fully saturated rings. The molecule has 6 heteroatoms. The third-order valence-corrected chi connectivity index (χ3v) is 4.35. The third kappa shape index (κ3) is 3.53. The molecule has 0 aliphatic carbocycles. The number of para-hydroxylation sites is 1. The van der Waals surface area contributed by atoms with Gasteiger partial charge in [0.1, 0.15) is 0 Å². The zero-order valence-electron chi connectivity index (χ0n) is 13.3. The van der Waals surface area contributed by atoms with Crippen LogP contribution in [0, 0.1) is 0 Å². The SMILES string of the molecule is CNC(=O)NC(=O)CN1CCCCC1c1cc2ccccc2[nH]1. The molecule has 23 heavy (non-hydrogen) atoms. The Hall–Kier alpha value is -2.34. The number of nitrogens with zero attached hydrogens (tertiary/aromatic N) is 1. The van der Waals surface area contributed by atoms with Gasteiger partial charge in [-0.2, -0.15) is 0 Å².